The number of aryl methyl sites for hydroxylation is 1. The van der Waals surface area contributed by atoms with Crippen LogP contribution in [-0.2, 0) is 30.4 Å². The molecule has 13 nitrogen and oxygen atoms in total. The molecule has 0 aliphatic rings. The molecule has 9 N–H and O–H groups in total. The topological polar surface area (TPSA) is 214 Å². The number of rotatable bonds is 29. The minimum absolute atomic E-state index is 0.190. The number of hydrogen-bond donors (Lipinski definition) is 7. The van der Waals surface area contributed by atoms with E-state index < -0.39 is 47.8 Å². The van der Waals surface area contributed by atoms with E-state index >= 15 is 0 Å². The van der Waals surface area contributed by atoms with Crippen molar-refractivity contribution in [3.8, 4) is 0 Å². The Morgan fingerprint density at radius 3 is 1.75 bits per heavy atom. The number of nitrogens with two attached hydrogens (primary N) is 2. The van der Waals surface area contributed by atoms with Crippen LogP contribution in [-0.4, -0.2) is 70.2 Å². The fourth-order valence-electron chi connectivity index (χ4n) is 5.42. The van der Waals surface area contributed by atoms with Gasteiger partial charge in [0.1, 0.15) is 24.2 Å². The molecule has 274 valence electrons. The van der Waals surface area contributed by atoms with Crippen LogP contribution in [0.1, 0.15) is 142 Å². The average Bonchev–Trinajstić information content (AvgIpc) is 3.58. The molecular weight excluding hydrogens is 612 g/mol. The van der Waals surface area contributed by atoms with Crippen molar-refractivity contribution in [3.63, 3.8) is 0 Å². The smallest absolute Gasteiger partial charge is 0.243 e. The van der Waals surface area contributed by atoms with Gasteiger partial charge in [-0.2, -0.15) is 0 Å². The number of H-pyrrole nitrogens is 1. The quantitative estimate of drug-likeness (QED) is 0.0627. The van der Waals surface area contributed by atoms with Gasteiger partial charge in [0.25, 0.3) is 0 Å². The molecule has 0 fully saturated rings. The molecule has 1 aromatic heterocycles. The molecule has 0 bridgehead atoms. The van der Waals surface area contributed by atoms with E-state index in [1.807, 2.05) is 0 Å². The summed E-state index contributed by atoms with van der Waals surface area (Å²) in [4.78, 5) is 70.1. The highest BCUT2D eigenvalue weighted by molar-refractivity contribution is 5.95. The summed E-state index contributed by atoms with van der Waals surface area (Å²) in [7, 11) is 0. The van der Waals surface area contributed by atoms with E-state index in [2.05, 4.69) is 38.2 Å². The highest BCUT2D eigenvalue weighted by Gasteiger charge is 2.27. The summed E-state index contributed by atoms with van der Waals surface area (Å²) in [5, 5.41) is 10.6. The molecule has 1 heterocycles. The Bertz CT molecular complexity index is 1050. The van der Waals surface area contributed by atoms with Gasteiger partial charge in [0, 0.05) is 18.3 Å². The first-order chi connectivity index (χ1) is 23.1. The average molecular weight is 677 g/mol. The minimum Gasteiger partial charge on any atom is -0.368 e. The van der Waals surface area contributed by atoms with E-state index in [1.165, 1.54) is 84.4 Å². The molecule has 5 amide bonds. The van der Waals surface area contributed by atoms with Crippen LogP contribution in [0.5, 0.6) is 0 Å². The molecule has 0 aromatic carbocycles. The Kier molecular flexibility index (Phi) is 23.5. The largest absolute Gasteiger partial charge is 0.368 e. The molecule has 48 heavy (non-hydrogen) atoms. The fourth-order valence-corrected chi connectivity index (χ4v) is 5.42. The third kappa shape index (κ3) is 20.0. The Balaban J connectivity index is 2.43. The summed E-state index contributed by atoms with van der Waals surface area (Å²) in [6.07, 6.45) is 21.8. The number of carbonyl (C=O) groups excluding carboxylic acids is 5. The molecule has 0 saturated heterocycles. The third-order valence-electron chi connectivity index (χ3n) is 8.53. The van der Waals surface area contributed by atoms with Crippen molar-refractivity contribution in [2.75, 3.05) is 6.54 Å². The van der Waals surface area contributed by atoms with E-state index in [0.717, 1.165) is 25.0 Å². The molecule has 0 saturated carbocycles. The molecule has 0 radical (unpaired) electrons. The highest BCUT2D eigenvalue weighted by atomic mass is 16.2. The predicted molar refractivity (Wildman–Crippen MR) is 188 cm³/mol. The molecular formula is C35H64N8O5. The highest BCUT2D eigenvalue weighted by Crippen LogP contribution is 2.13. The molecule has 4 atom stereocenters. The number of aromatic nitrogens is 2. The van der Waals surface area contributed by atoms with Gasteiger partial charge in [0.15, 0.2) is 0 Å². The van der Waals surface area contributed by atoms with E-state index in [4.69, 9.17) is 11.5 Å². The lowest BCUT2D eigenvalue weighted by molar-refractivity contribution is -0.134. The number of hydrogen-bond acceptors (Lipinski definition) is 7. The van der Waals surface area contributed by atoms with Crippen LogP contribution in [0.15, 0.2) is 12.5 Å². The van der Waals surface area contributed by atoms with Gasteiger partial charge in [-0.3, -0.25) is 24.0 Å². The fraction of sp³-hybridized carbons (Fsp3) is 0.771. The van der Waals surface area contributed by atoms with E-state index in [-0.39, 0.29) is 12.3 Å². The van der Waals surface area contributed by atoms with Crippen molar-refractivity contribution in [2.24, 2.45) is 11.5 Å². The van der Waals surface area contributed by atoms with Crippen LogP contribution in [0, 0.1) is 0 Å². The van der Waals surface area contributed by atoms with Crippen molar-refractivity contribution >= 4 is 29.5 Å². The van der Waals surface area contributed by atoms with Gasteiger partial charge in [-0.25, -0.2) is 4.98 Å². The van der Waals surface area contributed by atoms with E-state index in [1.54, 1.807) is 6.20 Å². The third-order valence-corrected chi connectivity index (χ3v) is 8.53. The molecule has 1 aromatic rings. The summed E-state index contributed by atoms with van der Waals surface area (Å²) in [6.45, 7) is 5.69. The van der Waals surface area contributed by atoms with Crippen LogP contribution in [0.3, 0.4) is 0 Å². The molecule has 1 rings (SSSR count). The van der Waals surface area contributed by atoms with Crippen molar-refractivity contribution in [3.05, 3.63) is 18.2 Å². The summed E-state index contributed by atoms with van der Waals surface area (Å²) in [5.74, 6) is -2.53. The van der Waals surface area contributed by atoms with Crippen LogP contribution in [0.2, 0.25) is 0 Å². The van der Waals surface area contributed by atoms with Crippen LogP contribution >= 0.6 is 0 Å². The van der Waals surface area contributed by atoms with Gasteiger partial charge in [0.2, 0.25) is 29.5 Å². The summed E-state index contributed by atoms with van der Waals surface area (Å²) >= 11 is 0. The zero-order valence-electron chi connectivity index (χ0n) is 29.7. The lowest BCUT2D eigenvalue weighted by Crippen LogP contribution is -2.56. The maximum atomic E-state index is 13.1. The normalized spacial score (nSPS) is 13.6. The van der Waals surface area contributed by atoms with Crippen molar-refractivity contribution < 1.29 is 24.0 Å². The van der Waals surface area contributed by atoms with Gasteiger partial charge in [-0.05, 0) is 58.9 Å². The van der Waals surface area contributed by atoms with Crippen molar-refractivity contribution in [2.45, 2.75) is 167 Å². The summed E-state index contributed by atoms with van der Waals surface area (Å²) in [6, 6.07) is -3.70. The maximum Gasteiger partial charge on any atom is 0.243 e. The first-order valence-electron chi connectivity index (χ1n) is 18.3. The number of primary amides is 1. The predicted octanol–water partition coefficient (Wildman–Crippen LogP) is 3.42. The van der Waals surface area contributed by atoms with E-state index in [0.29, 0.717) is 38.6 Å². The maximum absolute atomic E-state index is 13.1. The SMILES string of the molecule is CCCCCCCCCCCCCCCC(=O)N[C@@H](CCCCN)C(=O)N[C@@H](C)C(=O)N[C@@H](C)C(=O)N[C@H](CCc1cnc[nH]1)C(N)=O. The standard InChI is InChI=1S/C35H64N8O5/c1-4-5-6-7-8-9-10-11-12-13-14-15-16-20-31(44)42-30(19-17-18-23-36)35(48)41-26(2)33(46)40-27(3)34(47)43-29(32(37)45)22-21-28-24-38-25-39-28/h24-27,29-30H,4-23,36H2,1-3H3,(H2,37,45)(H,38,39)(H,40,46)(H,41,48)(H,42,44)(H,43,47)/t26-,27-,29+,30-/m0/s1. The monoisotopic (exact) mass is 676 g/mol. The number of nitrogens with zero attached hydrogens (tertiary/aromatic N) is 1. The van der Waals surface area contributed by atoms with Crippen LogP contribution in [0.25, 0.3) is 0 Å². The Morgan fingerprint density at radius 1 is 0.688 bits per heavy atom. The Labute approximate surface area is 287 Å². The van der Waals surface area contributed by atoms with Gasteiger partial charge < -0.3 is 37.7 Å². The second-order valence-corrected chi connectivity index (χ2v) is 12.9. The summed E-state index contributed by atoms with van der Waals surface area (Å²) < 4.78 is 0. The van der Waals surface area contributed by atoms with Gasteiger partial charge in [-0.15, -0.1) is 0 Å². The first kappa shape index (κ1) is 42.5. The molecule has 0 aliphatic heterocycles. The molecule has 13 heteroatoms. The Hall–Kier alpha value is -3.48. The molecule has 0 spiro atoms. The zero-order chi connectivity index (χ0) is 35.6. The van der Waals surface area contributed by atoms with E-state index in [9.17, 15) is 24.0 Å². The van der Waals surface area contributed by atoms with Gasteiger partial charge >= 0.3 is 0 Å². The molecule has 0 aliphatic carbocycles. The minimum atomic E-state index is -0.994. The number of aromatic amines is 1. The van der Waals surface area contributed by atoms with Crippen molar-refractivity contribution in [1.29, 1.82) is 0 Å². The molecule has 0 unspecified atom stereocenters. The lowest BCUT2D eigenvalue weighted by atomic mass is 10.0. The van der Waals surface area contributed by atoms with Gasteiger partial charge in [0.05, 0.1) is 6.33 Å². The number of nitrogens with one attached hydrogen (secondary N) is 5. The van der Waals surface area contributed by atoms with Crippen LogP contribution in [0.4, 0.5) is 0 Å². The number of amides is 5. The summed E-state index contributed by atoms with van der Waals surface area (Å²) in [5.41, 5.74) is 11.9. The lowest BCUT2D eigenvalue weighted by Gasteiger charge is -2.23. The zero-order valence-corrected chi connectivity index (χ0v) is 29.7. The van der Waals surface area contributed by atoms with Gasteiger partial charge in [-0.1, -0.05) is 84.0 Å². The van der Waals surface area contributed by atoms with Crippen molar-refractivity contribution in [1.82, 2.24) is 31.2 Å². The number of carbonyl (C=O) groups is 5. The van der Waals surface area contributed by atoms with Crippen LogP contribution < -0.4 is 32.7 Å². The number of imidazole rings is 1. The second-order valence-electron chi connectivity index (χ2n) is 12.9. The second kappa shape index (κ2) is 26.5. The first-order valence-corrected chi connectivity index (χ1v) is 18.3. The number of unbranched alkanes of at least 4 members (excludes halogenated alkanes) is 13. The Morgan fingerprint density at radius 2 is 1.23 bits per heavy atom.